The highest BCUT2D eigenvalue weighted by atomic mass is 79.9. The van der Waals surface area contributed by atoms with Crippen molar-refractivity contribution >= 4 is 33.3 Å². The van der Waals surface area contributed by atoms with E-state index >= 15 is 0 Å². The van der Waals surface area contributed by atoms with Gasteiger partial charge >= 0.3 is 6.03 Å². The molecule has 1 fully saturated rings. The van der Waals surface area contributed by atoms with E-state index in [1.165, 1.54) is 5.69 Å². The number of carbonyl (C=O) groups is 1. The third-order valence-electron chi connectivity index (χ3n) is 4.10. The van der Waals surface area contributed by atoms with E-state index in [4.69, 9.17) is 4.74 Å². The highest BCUT2D eigenvalue weighted by Gasteiger charge is 2.22. The van der Waals surface area contributed by atoms with E-state index in [1.54, 1.807) is 7.11 Å². The van der Waals surface area contributed by atoms with Crippen LogP contribution in [-0.2, 0) is 0 Å². The third-order valence-corrected chi connectivity index (χ3v) is 4.77. The van der Waals surface area contributed by atoms with Crippen LogP contribution in [0, 0.1) is 0 Å². The molecule has 2 amide bonds. The molecule has 0 bridgehead atoms. The highest BCUT2D eigenvalue weighted by Crippen LogP contribution is 2.26. The van der Waals surface area contributed by atoms with Gasteiger partial charge in [-0.05, 0) is 52.3 Å². The molecule has 126 valence electrons. The number of hydrogen-bond acceptors (Lipinski definition) is 3. The van der Waals surface area contributed by atoms with Crippen molar-refractivity contribution in [3.8, 4) is 5.75 Å². The van der Waals surface area contributed by atoms with E-state index < -0.39 is 0 Å². The Balaban J connectivity index is 1.56. The van der Waals surface area contributed by atoms with Gasteiger partial charge in [0.1, 0.15) is 5.75 Å². The summed E-state index contributed by atoms with van der Waals surface area (Å²) in [6, 6.07) is 15.5. The fourth-order valence-electron chi connectivity index (χ4n) is 2.74. The van der Waals surface area contributed by atoms with Crippen molar-refractivity contribution in [3.05, 3.63) is 53.0 Å². The summed E-state index contributed by atoms with van der Waals surface area (Å²) in [5.41, 5.74) is 1.95. The van der Waals surface area contributed by atoms with E-state index in [1.807, 2.05) is 47.4 Å². The number of urea groups is 1. The van der Waals surface area contributed by atoms with Crippen molar-refractivity contribution in [1.82, 2.24) is 4.90 Å². The Kier molecular flexibility index (Phi) is 5.25. The van der Waals surface area contributed by atoms with Crippen molar-refractivity contribution in [2.75, 3.05) is 43.5 Å². The van der Waals surface area contributed by atoms with Crippen molar-refractivity contribution < 1.29 is 9.53 Å². The Bertz CT molecular complexity index is 698. The molecular formula is C18H20BrN3O2. The minimum atomic E-state index is -0.0630. The molecule has 0 unspecified atom stereocenters. The molecular weight excluding hydrogens is 370 g/mol. The molecule has 0 aromatic heterocycles. The average molecular weight is 390 g/mol. The lowest BCUT2D eigenvalue weighted by molar-refractivity contribution is 0.208. The fraction of sp³-hybridized carbons (Fsp3) is 0.278. The van der Waals surface area contributed by atoms with Crippen LogP contribution in [0.1, 0.15) is 0 Å². The average Bonchev–Trinajstić information content (AvgIpc) is 2.63. The molecule has 0 saturated carbocycles. The van der Waals surface area contributed by atoms with Crippen molar-refractivity contribution in [1.29, 1.82) is 0 Å². The molecule has 1 N–H and O–H groups in total. The minimum absolute atomic E-state index is 0.0630. The second-order valence-corrected chi connectivity index (χ2v) is 6.44. The van der Waals surface area contributed by atoms with Crippen LogP contribution in [0.15, 0.2) is 53.0 Å². The first-order chi connectivity index (χ1) is 11.7. The first-order valence-corrected chi connectivity index (χ1v) is 8.66. The number of nitrogens with one attached hydrogen (secondary N) is 1. The lowest BCUT2D eigenvalue weighted by Gasteiger charge is -2.36. The summed E-state index contributed by atoms with van der Waals surface area (Å²) >= 11 is 3.59. The Morgan fingerprint density at radius 2 is 1.71 bits per heavy atom. The largest absolute Gasteiger partial charge is 0.497 e. The number of halogens is 1. The number of carbonyl (C=O) groups excluding carboxylic acids is 1. The number of hydrogen-bond donors (Lipinski definition) is 1. The van der Waals surface area contributed by atoms with Gasteiger partial charge in [-0.25, -0.2) is 4.79 Å². The Morgan fingerprint density at radius 1 is 1.04 bits per heavy atom. The molecule has 0 atom stereocenters. The molecule has 0 radical (unpaired) electrons. The quantitative estimate of drug-likeness (QED) is 0.867. The van der Waals surface area contributed by atoms with Gasteiger partial charge in [-0.1, -0.05) is 12.1 Å². The number of anilines is 2. The van der Waals surface area contributed by atoms with Crippen LogP contribution in [0.25, 0.3) is 0 Å². The second kappa shape index (κ2) is 7.57. The summed E-state index contributed by atoms with van der Waals surface area (Å²) in [6.45, 7) is 3.03. The maximum absolute atomic E-state index is 12.4. The maximum Gasteiger partial charge on any atom is 0.321 e. The lowest BCUT2D eigenvalue weighted by Crippen LogP contribution is -2.50. The molecule has 5 nitrogen and oxygen atoms in total. The molecule has 1 aliphatic heterocycles. The number of methoxy groups -OCH3 is 1. The number of amides is 2. The van der Waals surface area contributed by atoms with E-state index in [-0.39, 0.29) is 6.03 Å². The van der Waals surface area contributed by atoms with Crippen molar-refractivity contribution in [2.45, 2.75) is 0 Å². The van der Waals surface area contributed by atoms with Gasteiger partial charge in [0, 0.05) is 36.3 Å². The number of rotatable bonds is 3. The number of benzene rings is 2. The highest BCUT2D eigenvalue weighted by molar-refractivity contribution is 9.10. The van der Waals surface area contributed by atoms with Gasteiger partial charge in [-0.15, -0.1) is 0 Å². The second-order valence-electron chi connectivity index (χ2n) is 5.58. The Labute approximate surface area is 150 Å². The normalized spacial score (nSPS) is 14.4. The molecule has 3 rings (SSSR count). The van der Waals surface area contributed by atoms with E-state index in [0.717, 1.165) is 29.0 Å². The summed E-state index contributed by atoms with van der Waals surface area (Å²) in [7, 11) is 1.62. The fourth-order valence-corrected chi connectivity index (χ4v) is 3.27. The zero-order valence-corrected chi connectivity index (χ0v) is 15.1. The Hall–Kier alpha value is -2.21. The predicted molar refractivity (Wildman–Crippen MR) is 99.9 cm³/mol. The molecule has 2 aromatic rings. The molecule has 6 heteroatoms. The molecule has 1 saturated heterocycles. The molecule has 2 aromatic carbocycles. The summed E-state index contributed by atoms with van der Waals surface area (Å²) in [4.78, 5) is 16.5. The van der Waals surface area contributed by atoms with Gasteiger partial charge < -0.3 is 19.9 Å². The lowest BCUT2D eigenvalue weighted by atomic mass is 10.2. The minimum Gasteiger partial charge on any atom is -0.497 e. The number of nitrogens with zero attached hydrogens (tertiary/aromatic N) is 2. The summed E-state index contributed by atoms with van der Waals surface area (Å²) in [5, 5.41) is 2.93. The zero-order chi connectivity index (χ0) is 16.9. The smallest absolute Gasteiger partial charge is 0.321 e. The van der Waals surface area contributed by atoms with E-state index in [0.29, 0.717) is 13.1 Å². The van der Waals surface area contributed by atoms with Crippen LogP contribution in [0.4, 0.5) is 16.2 Å². The third kappa shape index (κ3) is 3.82. The van der Waals surface area contributed by atoms with Crippen LogP contribution in [-0.4, -0.2) is 44.2 Å². The topological polar surface area (TPSA) is 44.8 Å². The van der Waals surface area contributed by atoms with Crippen LogP contribution in [0.5, 0.6) is 5.75 Å². The number of ether oxygens (including phenoxy) is 1. The molecule has 1 aliphatic rings. The number of para-hydroxylation sites is 1. The molecule has 1 heterocycles. The van der Waals surface area contributed by atoms with E-state index in [2.05, 4.69) is 32.2 Å². The van der Waals surface area contributed by atoms with Gasteiger partial charge in [0.15, 0.2) is 0 Å². The maximum atomic E-state index is 12.4. The Morgan fingerprint density at radius 3 is 2.33 bits per heavy atom. The summed E-state index contributed by atoms with van der Waals surface area (Å²) in [6.07, 6.45) is 0. The molecule has 24 heavy (non-hydrogen) atoms. The molecule has 0 aliphatic carbocycles. The molecule has 0 spiro atoms. The monoisotopic (exact) mass is 389 g/mol. The summed E-state index contributed by atoms with van der Waals surface area (Å²) in [5.74, 6) is 0.773. The SMILES string of the molecule is COc1ccc(NC(=O)N2CCN(c3ccccc3Br)CC2)cc1. The van der Waals surface area contributed by atoms with Crippen LogP contribution in [0.3, 0.4) is 0 Å². The first-order valence-electron chi connectivity index (χ1n) is 7.87. The first kappa shape index (κ1) is 16.6. The standard InChI is InChI=1S/C18H20BrN3O2/c1-24-15-8-6-14(7-9-15)20-18(23)22-12-10-21(11-13-22)17-5-3-2-4-16(17)19/h2-9H,10-13H2,1H3,(H,20,23). The number of piperazine rings is 1. The van der Waals surface area contributed by atoms with Crippen molar-refractivity contribution in [2.24, 2.45) is 0 Å². The van der Waals surface area contributed by atoms with Crippen molar-refractivity contribution in [3.63, 3.8) is 0 Å². The predicted octanol–water partition coefficient (Wildman–Crippen LogP) is 3.81. The van der Waals surface area contributed by atoms with Crippen LogP contribution >= 0.6 is 15.9 Å². The van der Waals surface area contributed by atoms with Gasteiger partial charge in [-0.3, -0.25) is 0 Å². The van der Waals surface area contributed by atoms with Gasteiger partial charge in [-0.2, -0.15) is 0 Å². The van der Waals surface area contributed by atoms with Crippen LogP contribution < -0.4 is 15.0 Å². The zero-order valence-electron chi connectivity index (χ0n) is 13.5. The summed E-state index contributed by atoms with van der Waals surface area (Å²) < 4.78 is 6.21. The van der Waals surface area contributed by atoms with Gasteiger partial charge in [0.25, 0.3) is 0 Å². The van der Waals surface area contributed by atoms with Crippen LogP contribution in [0.2, 0.25) is 0 Å². The van der Waals surface area contributed by atoms with Gasteiger partial charge in [0.2, 0.25) is 0 Å². The van der Waals surface area contributed by atoms with Gasteiger partial charge in [0.05, 0.1) is 12.8 Å². The van der Waals surface area contributed by atoms with E-state index in [9.17, 15) is 4.79 Å².